The topological polar surface area (TPSA) is 3.24 Å². The summed E-state index contributed by atoms with van der Waals surface area (Å²) in [4.78, 5) is 2.46. The lowest BCUT2D eigenvalue weighted by molar-refractivity contribution is 0.316. The predicted octanol–water partition coefficient (Wildman–Crippen LogP) is 9.16. The highest BCUT2D eigenvalue weighted by atomic mass is 15.1. The summed E-state index contributed by atoms with van der Waals surface area (Å²) in [5.74, 6) is 0. The minimum Gasteiger partial charge on any atom is -0.302 e. The van der Waals surface area contributed by atoms with Gasteiger partial charge in [-0.25, -0.2) is 0 Å². The van der Waals surface area contributed by atoms with Crippen molar-refractivity contribution in [2.75, 3.05) is 13.6 Å². The zero-order valence-electron chi connectivity index (χ0n) is 20.0. The van der Waals surface area contributed by atoms with E-state index < -0.39 is 0 Å². The average Bonchev–Trinajstić information content (AvgIpc) is 2.73. The van der Waals surface area contributed by atoms with E-state index in [0.29, 0.717) is 0 Å². The summed E-state index contributed by atoms with van der Waals surface area (Å²) in [7, 11) is 2.25. The van der Waals surface area contributed by atoms with Gasteiger partial charge in [-0.3, -0.25) is 0 Å². The Morgan fingerprint density at radius 1 is 0.517 bits per heavy atom. The maximum absolute atomic E-state index is 2.46. The SMILES string of the molecule is CCCCCCCCCCCCCCCCCCCCN(C)Cc1ccccc1. The fourth-order valence-corrected chi connectivity index (χ4v) is 4.26. The zero-order chi connectivity index (χ0) is 20.8. The predicted molar refractivity (Wildman–Crippen MR) is 132 cm³/mol. The first kappa shape index (κ1) is 26.2. The van der Waals surface area contributed by atoms with Crippen molar-refractivity contribution in [3.63, 3.8) is 0 Å². The van der Waals surface area contributed by atoms with Crippen LogP contribution in [0.25, 0.3) is 0 Å². The summed E-state index contributed by atoms with van der Waals surface area (Å²) in [5, 5.41) is 0. The number of rotatable bonds is 21. The van der Waals surface area contributed by atoms with Crippen LogP contribution in [-0.4, -0.2) is 18.5 Å². The van der Waals surface area contributed by atoms with Gasteiger partial charge in [0.15, 0.2) is 0 Å². The molecule has 1 heteroatoms. The van der Waals surface area contributed by atoms with E-state index in [1.54, 1.807) is 0 Å². The van der Waals surface area contributed by atoms with Crippen molar-refractivity contribution in [2.24, 2.45) is 0 Å². The van der Waals surface area contributed by atoms with Crippen molar-refractivity contribution < 1.29 is 0 Å². The Balaban J connectivity index is 1.73. The Kier molecular flexibility index (Phi) is 18.5. The van der Waals surface area contributed by atoms with Crippen LogP contribution in [0, 0.1) is 0 Å². The lowest BCUT2D eigenvalue weighted by Crippen LogP contribution is -2.18. The number of hydrogen-bond donors (Lipinski definition) is 0. The van der Waals surface area contributed by atoms with E-state index in [-0.39, 0.29) is 0 Å². The molecule has 0 bridgehead atoms. The van der Waals surface area contributed by atoms with Gasteiger partial charge in [-0.1, -0.05) is 146 Å². The standard InChI is InChI=1S/C28H51N/c1-3-4-5-6-7-8-9-10-11-12-13-14-15-16-17-18-19-23-26-29(2)27-28-24-21-20-22-25-28/h20-22,24-25H,3-19,23,26-27H2,1-2H3. The Morgan fingerprint density at radius 2 is 0.897 bits per heavy atom. The molecule has 0 aliphatic rings. The highest BCUT2D eigenvalue weighted by molar-refractivity contribution is 5.14. The number of benzene rings is 1. The second-order valence-electron chi connectivity index (χ2n) is 9.23. The second kappa shape index (κ2) is 20.5. The van der Waals surface area contributed by atoms with Gasteiger partial charge >= 0.3 is 0 Å². The molecule has 1 rings (SSSR count). The van der Waals surface area contributed by atoms with Gasteiger partial charge in [-0.15, -0.1) is 0 Å². The van der Waals surface area contributed by atoms with E-state index in [1.807, 2.05) is 0 Å². The van der Waals surface area contributed by atoms with E-state index >= 15 is 0 Å². The molecule has 0 radical (unpaired) electrons. The third-order valence-corrected chi connectivity index (χ3v) is 6.19. The molecule has 168 valence electrons. The van der Waals surface area contributed by atoms with Crippen molar-refractivity contribution >= 4 is 0 Å². The van der Waals surface area contributed by atoms with E-state index in [2.05, 4.69) is 49.2 Å². The summed E-state index contributed by atoms with van der Waals surface area (Å²) in [6.45, 7) is 4.61. The van der Waals surface area contributed by atoms with Crippen LogP contribution in [-0.2, 0) is 6.54 Å². The largest absolute Gasteiger partial charge is 0.302 e. The second-order valence-corrected chi connectivity index (χ2v) is 9.23. The molecule has 0 unspecified atom stereocenters. The minimum absolute atomic E-state index is 1.08. The van der Waals surface area contributed by atoms with Gasteiger partial charge in [0, 0.05) is 6.54 Å². The van der Waals surface area contributed by atoms with Crippen molar-refractivity contribution in [2.45, 2.75) is 129 Å². The van der Waals surface area contributed by atoms with Crippen molar-refractivity contribution in [3.05, 3.63) is 35.9 Å². The van der Waals surface area contributed by atoms with Crippen LogP contribution in [0.15, 0.2) is 30.3 Å². The number of hydrogen-bond acceptors (Lipinski definition) is 1. The molecule has 29 heavy (non-hydrogen) atoms. The quantitative estimate of drug-likeness (QED) is 0.186. The van der Waals surface area contributed by atoms with Crippen LogP contribution in [0.3, 0.4) is 0 Å². The number of nitrogens with zero attached hydrogens (tertiary/aromatic N) is 1. The van der Waals surface area contributed by atoms with Crippen molar-refractivity contribution in [1.82, 2.24) is 4.90 Å². The lowest BCUT2D eigenvalue weighted by atomic mass is 10.0. The molecular weight excluding hydrogens is 350 g/mol. The van der Waals surface area contributed by atoms with Gasteiger partial charge < -0.3 is 4.90 Å². The first-order chi connectivity index (χ1) is 14.3. The van der Waals surface area contributed by atoms with E-state index in [4.69, 9.17) is 0 Å². The molecule has 1 aromatic rings. The monoisotopic (exact) mass is 401 g/mol. The fourth-order valence-electron chi connectivity index (χ4n) is 4.26. The Bertz CT molecular complexity index is 427. The Morgan fingerprint density at radius 3 is 1.31 bits per heavy atom. The zero-order valence-corrected chi connectivity index (χ0v) is 20.0. The molecule has 0 saturated heterocycles. The molecule has 0 aliphatic carbocycles. The van der Waals surface area contributed by atoms with Crippen LogP contribution in [0.2, 0.25) is 0 Å². The van der Waals surface area contributed by atoms with Gasteiger partial charge in [0.05, 0.1) is 0 Å². The third kappa shape index (κ3) is 17.7. The summed E-state index contributed by atoms with van der Waals surface area (Å²) in [6, 6.07) is 10.8. The summed E-state index contributed by atoms with van der Waals surface area (Å²) in [5.41, 5.74) is 1.43. The van der Waals surface area contributed by atoms with Crippen molar-refractivity contribution in [3.8, 4) is 0 Å². The first-order valence-corrected chi connectivity index (χ1v) is 13.1. The molecule has 0 aromatic heterocycles. The maximum atomic E-state index is 2.46. The molecule has 0 spiro atoms. The smallest absolute Gasteiger partial charge is 0.0230 e. The van der Waals surface area contributed by atoms with Crippen LogP contribution in [0.5, 0.6) is 0 Å². The van der Waals surface area contributed by atoms with Crippen LogP contribution >= 0.6 is 0 Å². The van der Waals surface area contributed by atoms with Gasteiger partial charge in [-0.05, 0) is 25.6 Å². The molecule has 1 aromatic carbocycles. The maximum Gasteiger partial charge on any atom is 0.0230 e. The molecule has 0 fully saturated rings. The van der Waals surface area contributed by atoms with Gasteiger partial charge in [0.25, 0.3) is 0 Å². The Hall–Kier alpha value is -0.820. The molecule has 0 heterocycles. The summed E-state index contributed by atoms with van der Waals surface area (Å²) in [6.07, 6.45) is 26.1. The van der Waals surface area contributed by atoms with E-state index in [9.17, 15) is 0 Å². The van der Waals surface area contributed by atoms with Gasteiger partial charge in [-0.2, -0.15) is 0 Å². The van der Waals surface area contributed by atoms with E-state index in [0.717, 1.165) is 6.54 Å². The molecule has 1 nitrogen and oxygen atoms in total. The molecule has 0 saturated carbocycles. The van der Waals surface area contributed by atoms with E-state index in [1.165, 1.54) is 128 Å². The Labute approximate surface area is 183 Å². The van der Waals surface area contributed by atoms with Gasteiger partial charge in [0.1, 0.15) is 0 Å². The van der Waals surface area contributed by atoms with Crippen LogP contribution in [0.4, 0.5) is 0 Å². The minimum atomic E-state index is 1.08. The highest BCUT2D eigenvalue weighted by Gasteiger charge is 2.00. The molecule has 0 amide bonds. The summed E-state index contributed by atoms with van der Waals surface area (Å²) < 4.78 is 0. The third-order valence-electron chi connectivity index (χ3n) is 6.19. The first-order valence-electron chi connectivity index (χ1n) is 13.1. The van der Waals surface area contributed by atoms with Crippen molar-refractivity contribution in [1.29, 1.82) is 0 Å². The highest BCUT2D eigenvalue weighted by Crippen LogP contribution is 2.14. The molecule has 0 N–H and O–H groups in total. The lowest BCUT2D eigenvalue weighted by Gasteiger charge is -2.16. The molecule has 0 atom stereocenters. The molecular formula is C28H51N. The van der Waals surface area contributed by atoms with Gasteiger partial charge in [0.2, 0.25) is 0 Å². The van der Waals surface area contributed by atoms with Crippen LogP contribution in [0.1, 0.15) is 128 Å². The van der Waals surface area contributed by atoms with Crippen LogP contribution < -0.4 is 0 Å². The average molecular weight is 402 g/mol. The normalized spacial score (nSPS) is 11.4. The fraction of sp³-hybridized carbons (Fsp3) is 0.786. The molecule has 0 aliphatic heterocycles. The number of unbranched alkanes of at least 4 members (excludes halogenated alkanes) is 17. The summed E-state index contributed by atoms with van der Waals surface area (Å²) >= 11 is 0.